The molecule has 0 saturated carbocycles. The molecule has 3 aromatic rings. The highest BCUT2D eigenvalue weighted by Gasteiger charge is 2.09. The van der Waals surface area contributed by atoms with Crippen LogP contribution in [-0.4, -0.2) is 37.6 Å². The number of hydrogen-bond acceptors (Lipinski definition) is 9. The number of nitrogens with one attached hydrogen (secondary N) is 1. The van der Waals surface area contributed by atoms with Crippen LogP contribution < -0.4 is 11.2 Å². The number of nitrogen functional groups attached to an aromatic ring is 1. The summed E-state index contributed by atoms with van der Waals surface area (Å²) < 4.78 is 4.48. The van der Waals surface area contributed by atoms with Crippen LogP contribution in [0.1, 0.15) is 15.9 Å². The molecular weight excluding hydrogens is 290 g/mol. The van der Waals surface area contributed by atoms with Crippen LogP contribution in [0.5, 0.6) is 0 Å². The fourth-order valence-electron chi connectivity index (χ4n) is 1.61. The van der Waals surface area contributed by atoms with Crippen molar-refractivity contribution in [3.63, 3.8) is 0 Å². The van der Waals surface area contributed by atoms with E-state index in [2.05, 4.69) is 35.4 Å². The molecule has 0 unspecified atom stereocenters. The first-order valence-corrected chi connectivity index (χ1v) is 6.02. The Morgan fingerprint density at radius 2 is 1.91 bits per heavy atom. The summed E-state index contributed by atoms with van der Waals surface area (Å²) in [6, 6.07) is 6.19. The van der Waals surface area contributed by atoms with Gasteiger partial charge in [-0.2, -0.15) is 10.1 Å². The Bertz CT molecular complexity index is 857. The van der Waals surface area contributed by atoms with E-state index in [1.54, 1.807) is 12.1 Å². The van der Waals surface area contributed by atoms with Gasteiger partial charge < -0.3 is 10.8 Å². The van der Waals surface area contributed by atoms with Crippen molar-refractivity contribution in [1.82, 2.24) is 20.3 Å². The molecule has 2 heterocycles. The molecule has 0 aliphatic rings. The lowest BCUT2D eigenvalue weighted by Crippen LogP contribution is -2.02. The molecule has 10 nitrogen and oxygen atoms in total. The molecule has 0 atom stereocenters. The number of carboxylic acid groups (broad SMARTS) is 1. The molecule has 22 heavy (non-hydrogen) atoms. The van der Waals surface area contributed by atoms with Gasteiger partial charge in [-0.15, -0.1) is 0 Å². The minimum atomic E-state index is -0.987. The minimum Gasteiger partial charge on any atom is -0.478 e. The van der Waals surface area contributed by atoms with Gasteiger partial charge in [0.15, 0.2) is 11.6 Å². The lowest BCUT2D eigenvalue weighted by Gasteiger charge is -2.01. The van der Waals surface area contributed by atoms with Crippen molar-refractivity contribution >= 4 is 35.1 Å². The van der Waals surface area contributed by atoms with E-state index in [1.807, 2.05) is 0 Å². The zero-order valence-electron chi connectivity index (χ0n) is 11.0. The van der Waals surface area contributed by atoms with Gasteiger partial charge in [-0.25, -0.2) is 14.4 Å². The van der Waals surface area contributed by atoms with Gasteiger partial charge in [0, 0.05) is 0 Å². The smallest absolute Gasteiger partial charge is 0.335 e. The molecule has 3 rings (SSSR count). The van der Waals surface area contributed by atoms with Gasteiger partial charge >= 0.3 is 5.97 Å². The standard InChI is InChI=1S/C12H9N7O3/c13-8-9(16-11-10(15-8)18-22-19-11)17-14-5-6-1-3-7(4-2-6)12(20)21/h1-5H,(H,20,21)(H2,13,15,18)(H,16,17,19)/b14-5+. The van der Waals surface area contributed by atoms with E-state index in [9.17, 15) is 4.79 Å². The number of aromatic carboxylic acids is 1. The Morgan fingerprint density at radius 1 is 1.23 bits per heavy atom. The maximum Gasteiger partial charge on any atom is 0.335 e. The molecule has 0 radical (unpaired) electrons. The molecule has 0 bridgehead atoms. The van der Waals surface area contributed by atoms with Crippen LogP contribution in [0.25, 0.3) is 11.3 Å². The van der Waals surface area contributed by atoms with Crippen molar-refractivity contribution in [2.45, 2.75) is 0 Å². The summed E-state index contributed by atoms with van der Waals surface area (Å²) in [7, 11) is 0. The van der Waals surface area contributed by atoms with Crippen molar-refractivity contribution < 1.29 is 14.5 Å². The average molecular weight is 299 g/mol. The fourth-order valence-corrected chi connectivity index (χ4v) is 1.61. The van der Waals surface area contributed by atoms with Gasteiger partial charge in [0.1, 0.15) is 0 Å². The van der Waals surface area contributed by atoms with Crippen molar-refractivity contribution in [2.75, 3.05) is 11.2 Å². The minimum absolute atomic E-state index is 0.0987. The number of nitrogens with zero attached hydrogens (tertiary/aromatic N) is 5. The molecule has 0 aliphatic carbocycles. The Hall–Kier alpha value is -3.56. The van der Waals surface area contributed by atoms with Crippen LogP contribution in [0.3, 0.4) is 0 Å². The summed E-state index contributed by atoms with van der Waals surface area (Å²) >= 11 is 0. The first-order chi connectivity index (χ1) is 10.6. The van der Waals surface area contributed by atoms with Gasteiger partial charge in [-0.1, -0.05) is 12.1 Å². The van der Waals surface area contributed by atoms with E-state index in [0.29, 0.717) is 5.56 Å². The Balaban J connectivity index is 1.75. The SMILES string of the molecule is Nc1nc2nonc2nc1N/N=C/c1ccc(C(=O)O)cc1. The Kier molecular flexibility index (Phi) is 3.32. The van der Waals surface area contributed by atoms with Crippen LogP contribution in [0.15, 0.2) is 34.0 Å². The van der Waals surface area contributed by atoms with Gasteiger partial charge in [0.05, 0.1) is 11.8 Å². The lowest BCUT2D eigenvalue weighted by atomic mass is 10.1. The highest BCUT2D eigenvalue weighted by atomic mass is 16.6. The maximum absolute atomic E-state index is 10.7. The number of hydrazone groups is 1. The van der Waals surface area contributed by atoms with Gasteiger partial charge in [-0.3, -0.25) is 5.43 Å². The summed E-state index contributed by atoms with van der Waals surface area (Å²) in [6.45, 7) is 0. The number of carboxylic acids is 1. The number of nitrogens with two attached hydrogens (primary N) is 1. The topological polar surface area (TPSA) is 152 Å². The second-order valence-electron chi connectivity index (χ2n) is 4.17. The molecule has 0 fully saturated rings. The number of fused-ring (bicyclic) bond motifs is 1. The van der Waals surface area contributed by atoms with Crippen molar-refractivity contribution in [2.24, 2.45) is 5.10 Å². The number of hydrogen-bond donors (Lipinski definition) is 3. The molecule has 0 saturated heterocycles. The number of aromatic nitrogens is 4. The second-order valence-corrected chi connectivity index (χ2v) is 4.17. The summed E-state index contributed by atoms with van der Waals surface area (Å²) in [6.07, 6.45) is 1.48. The predicted octanol–water partition coefficient (Wildman–Crippen LogP) is 0.739. The molecule has 0 aliphatic heterocycles. The normalized spacial score (nSPS) is 11.1. The zero-order valence-corrected chi connectivity index (χ0v) is 11.0. The van der Waals surface area contributed by atoms with Crippen molar-refractivity contribution in [1.29, 1.82) is 0 Å². The highest BCUT2D eigenvalue weighted by Crippen LogP contribution is 2.15. The number of rotatable bonds is 4. The van der Waals surface area contributed by atoms with Gasteiger partial charge in [0.25, 0.3) is 0 Å². The van der Waals surface area contributed by atoms with Gasteiger partial charge in [-0.05, 0) is 28.0 Å². The largest absolute Gasteiger partial charge is 0.478 e. The first kappa shape index (κ1) is 13.4. The third kappa shape index (κ3) is 2.65. The van der Waals surface area contributed by atoms with Crippen LogP contribution in [-0.2, 0) is 0 Å². The Labute approximate surface area is 122 Å². The predicted molar refractivity (Wildman–Crippen MR) is 76.4 cm³/mol. The third-order valence-electron chi connectivity index (χ3n) is 2.68. The van der Waals surface area contributed by atoms with Crippen molar-refractivity contribution in [3.8, 4) is 0 Å². The number of anilines is 2. The second kappa shape index (κ2) is 5.44. The molecular formula is C12H9N7O3. The monoisotopic (exact) mass is 299 g/mol. The van der Waals surface area contributed by atoms with E-state index in [-0.39, 0.29) is 28.5 Å². The maximum atomic E-state index is 10.7. The number of carbonyl (C=O) groups is 1. The van der Waals surface area contributed by atoms with Crippen LogP contribution in [0.4, 0.5) is 11.6 Å². The fraction of sp³-hybridized carbons (Fsp3) is 0. The van der Waals surface area contributed by atoms with E-state index in [4.69, 9.17) is 10.8 Å². The van der Waals surface area contributed by atoms with E-state index < -0.39 is 5.97 Å². The zero-order chi connectivity index (χ0) is 15.5. The van der Waals surface area contributed by atoms with E-state index in [1.165, 1.54) is 18.3 Å². The summed E-state index contributed by atoms with van der Waals surface area (Å²) in [5.41, 5.74) is 9.63. The molecule has 10 heteroatoms. The van der Waals surface area contributed by atoms with Crippen molar-refractivity contribution in [3.05, 3.63) is 35.4 Å². The van der Waals surface area contributed by atoms with Crippen LogP contribution >= 0.6 is 0 Å². The van der Waals surface area contributed by atoms with Crippen LogP contribution in [0.2, 0.25) is 0 Å². The van der Waals surface area contributed by atoms with E-state index >= 15 is 0 Å². The molecule has 110 valence electrons. The van der Waals surface area contributed by atoms with Gasteiger partial charge in [0.2, 0.25) is 11.3 Å². The molecule has 0 amide bonds. The average Bonchev–Trinajstić information content (AvgIpc) is 2.95. The summed E-state index contributed by atoms with van der Waals surface area (Å²) in [5.74, 6) is -0.678. The van der Waals surface area contributed by atoms with Crippen LogP contribution in [0, 0.1) is 0 Å². The first-order valence-electron chi connectivity index (χ1n) is 6.02. The van der Waals surface area contributed by atoms with E-state index in [0.717, 1.165) is 0 Å². The molecule has 2 aromatic heterocycles. The quantitative estimate of drug-likeness (QED) is 0.467. The third-order valence-corrected chi connectivity index (χ3v) is 2.68. The lowest BCUT2D eigenvalue weighted by molar-refractivity contribution is 0.0697. The summed E-state index contributed by atoms with van der Waals surface area (Å²) in [4.78, 5) is 18.7. The molecule has 1 aromatic carbocycles. The molecule has 4 N–H and O–H groups in total. The Morgan fingerprint density at radius 3 is 2.59 bits per heavy atom. The number of benzene rings is 1. The highest BCUT2D eigenvalue weighted by molar-refractivity contribution is 5.89. The summed E-state index contributed by atoms with van der Waals surface area (Å²) in [5, 5.41) is 19.8. The molecule has 0 spiro atoms.